The first-order valence-corrected chi connectivity index (χ1v) is 11.3. The molecule has 1 fully saturated rings. The minimum absolute atomic E-state index is 0.0405. The number of carbonyl (C=O) groups excluding carboxylic acids is 2. The van der Waals surface area contributed by atoms with Crippen molar-refractivity contribution < 1.29 is 9.59 Å². The van der Waals surface area contributed by atoms with E-state index >= 15 is 0 Å². The van der Waals surface area contributed by atoms with Crippen molar-refractivity contribution >= 4 is 34.3 Å². The van der Waals surface area contributed by atoms with Gasteiger partial charge >= 0.3 is 0 Å². The highest BCUT2D eigenvalue weighted by molar-refractivity contribution is 6.30. The molecule has 0 spiro atoms. The molecule has 1 aliphatic rings. The van der Waals surface area contributed by atoms with Crippen molar-refractivity contribution in [3.05, 3.63) is 71.9 Å². The van der Waals surface area contributed by atoms with Crippen molar-refractivity contribution in [2.45, 2.75) is 44.1 Å². The molecular formula is C25H28ClN3O2. The first-order valence-electron chi connectivity index (χ1n) is 10.8. The van der Waals surface area contributed by atoms with Gasteiger partial charge in [0.2, 0.25) is 11.8 Å². The van der Waals surface area contributed by atoms with E-state index in [2.05, 4.69) is 17.1 Å². The van der Waals surface area contributed by atoms with E-state index in [4.69, 9.17) is 11.6 Å². The molecule has 3 aromatic rings. The number of fused-ring (bicyclic) bond motifs is 1. The molecule has 2 amide bonds. The number of hydrogen-bond acceptors (Lipinski definition) is 2. The Morgan fingerprint density at radius 2 is 1.81 bits per heavy atom. The SMILES string of the molecule is CC(Cl)C(=O)N(CC(=O)N(CCc1c[nH]c2ccccc12)Cc1ccccc1)C1CC1. The van der Waals surface area contributed by atoms with Crippen LogP contribution in [0.15, 0.2) is 60.8 Å². The zero-order chi connectivity index (χ0) is 21.8. The van der Waals surface area contributed by atoms with Crippen molar-refractivity contribution in [2.24, 2.45) is 0 Å². The predicted molar refractivity (Wildman–Crippen MR) is 124 cm³/mol. The molecule has 1 saturated carbocycles. The molecule has 31 heavy (non-hydrogen) atoms. The lowest BCUT2D eigenvalue weighted by Gasteiger charge is -2.28. The number of halogens is 1. The standard InChI is InChI=1S/C25H28ClN3O2/c1-18(26)25(31)29(21-11-12-21)17-24(30)28(16-19-7-3-2-4-8-19)14-13-20-15-27-23-10-6-5-9-22(20)23/h2-10,15,18,21,27H,11-14,16-17H2,1H3. The number of nitrogens with one attached hydrogen (secondary N) is 1. The maximum Gasteiger partial charge on any atom is 0.242 e. The van der Waals surface area contributed by atoms with Crippen LogP contribution < -0.4 is 0 Å². The summed E-state index contributed by atoms with van der Waals surface area (Å²) in [6, 6.07) is 18.3. The molecule has 1 heterocycles. The van der Waals surface area contributed by atoms with Crippen LogP contribution in [0.1, 0.15) is 30.9 Å². The number of amides is 2. The van der Waals surface area contributed by atoms with Gasteiger partial charge in [0.25, 0.3) is 0 Å². The second-order valence-corrected chi connectivity index (χ2v) is 8.88. The molecule has 1 atom stereocenters. The third-order valence-electron chi connectivity index (χ3n) is 5.81. The Labute approximate surface area is 188 Å². The Hall–Kier alpha value is -2.79. The van der Waals surface area contributed by atoms with E-state index in [0.717, 1.165) is 30.3 Å². The lowest BCUT2D eigenvalue weighted by molar-refractivity contribution is -0.141. The third kappa shape index (κ3) is 5.28. The first kappa shape index (κ1) is 21.4. The van der Waals surface area contributed by atoms with Crippen LogP contribution in [-0.4, -0.2) is 51.1 Å². The minimum atomic E-state index is -0.623. The monoisotopic (exact) mass is 437 g/mol. The molecule has 0 radical (unpaired) electrons. The molecule has 2 aromatic carbocycles. The zero-order valence-corrected chi connectivity index (χ0v) is 18.5. The highest BCUT2D eigenvalue weighted by atomic mass is 35.5. The Kier molecular flexibility index (Phi) is 6.62. The number of benzene rings is 2. The minimum Gasteiger partial charge on any atom is -0.361 e. The second-order valence-electron chi connectivity index (χ2n) is 8.22. The summed E-state index contributed by atoms with van der Waals surface area (Å²) in [6.45, 7) is 2.85. The number of aromatic nitrogens is 1. The molecule has 5 nitrogen and oxygen atoms in total. The molecular weight excluding hydrogens is 410 g/mol. The van der Waals surface area contributed by atoms with Crippen LogP contribution >= 0.6 is 11.6 Å². The number of nitrogens with zero attached hydrogens (tertiary/aromatic N) is 2. The van der Waals surface area contributed by atoms with Gasteiger partial charge in [0, 0.05) is 36.2 Å². The second kappa shape index (κ2) is 9.56. The Morgan fingerprint density at radius 3 is 2.52 bits per heavy atom. The van der Waals surface area contributed by atoms with Crippen molar-refractivity contribution in [2.75, 3.05) is 13.1 Å². The first-order chi connectivity index (χ1) is 15.0. The van der Waals surface area contributed by atoms with Crippen molar-refractivity contribution in [3.8, 4) is 0 Å². The molecule has 4 rings (SSSR count). The molecule has 0 aliphatic heterocycles. The summed E-state index contributed by atoms with van der Waals surface area (Å²) in [4.78, 5) is 32.7. The fraction of sp³-hybridized carbons (Fsp3) is 0.360. The number of carbonyl (C=O) groups is 2. The van der Waals surface area contributed by atoms with Gasteiger partial charge in [-0.05, 0) is 43.4 Å². The summed E-state index contributed by atoms with van der Waals surface area (Å²) in [6.07, 6.45) is 4.64. The van der Waals surface area contributed by atoms with Gasteiger partial charge < -0.3 is 14.8 Å². The smallest absolute Gasteiger partial charge is 0.242 e. The van der Waals surface area contributed by atoms with Crippen molar-refractivity contribution in [3.63, 3.8) is 0 Å². The summed E-state index contributed by atoms with van der Waals surface area (Å²) in [5.41, 5.74) is 3.36. The number of rotatable bonds is 9. The lowest BCUT2D eigenvalue weighted by Crippen LogP contribution is -2.46. The number of H-pyrrole nitrogens is 1. The summed E-state index contributed by atoms with van der Waals surface area (Å²) < 4.78 is 0. The molecule has 0 saturated heterocycles. The van der Waals surface area contributed by atoms with Crippen molar-refractivity contribution in [1.29, 1.82) is 0 Å². The van der Waals surface area contributed by atoms with E-state index in [-0.39, 0.29) is 24.4 Å². The molecule has 1 N–H and O–H groups in total. The van der Waals surface area contributed by atoms with Gasteiger partial charge in [-0.2, -0.15) is 0 Å². The molecule has 162 valence electrons. The topological polar surface area (TPSA) is 56.4 Å². The fourth-order valence-corrected chi connectivity index (χ4v) is 4.06. The van der Waals surface area contributed by atoms with E-state index in [1.54, 1.807) is 11.8 Å². The van der Waals surface area contributed by atoms with Gasteiger partial charge in [0.1, 0.15) is 11.9 Å². The molecule has 1 aromatic heterocycles. The number of para-hydroxylation sites is 1. The Balaban J connectivity index is 1.50. The molecule has 1 unspecified atom stereocenters. The lowest BCUT2D eigenvalue weighted by atomic mass is 10.1. The number of alkyl halides is 1. The van der Waals surface area contributed by atoms with E-state index in [1.165, 1.54) is 10.9 Å². The Morgan fingerprint density at radius 1 is 1.10 bits per heavy atom. The van der Waals surface area contributed by atoms with Gasteiger partial charge in [-0.1, -0.05) is 48.5 Å². The maximum atomic E-state index is 13.3. The summed E-state index contributed by atoms with van der Waals surface area (Å²) in [5, 5.41) is 0.558. The van der Waals surface area contributed by atoms with Crippen LogP contribution in [0.3, 0.4) is 0 Å². The molecule has 0 bridgehead atoms. The molecule has 6 heteroatoms. The summed E-state index contributed by atoms with van der Waals surface area (Å²) >= 11 is 6.05. The number of aromatic amines is 1. The van der Waals surface area contributed by atoms with E-state index in [1.807, 2.05) is 53.6 Å². The largest absolute Gasteiger partial charge is 0.361 e. The van der Waals surface area contributed by atoms with E-state index < -0.39 is 5.38 Å². The highest BCUT2D eigenvalue weighted by Crippen LogP contribution is 2.28. The van der Waals surface area contributed by atoms with Crippen LogP contribution in [0.4, 0.5) is 0 Å². The normalized spacial score (nSPS) is 14.4. The average Bonchev–Trinajstić information content (AvgIpc) is 3.54. The van der Waals surface area contributed by atoms with Gasteiger partial charge in [0.05, 0.1) is 0 Å². The maximum absolute atomic E-state index is 13.3. The summed E-state index contributed by atoms with van der Waals surface area (Å²) in [5.74, 6) is -0.199. The van der Waals surface area contributed by atoms with Crippen LogP contribution in [0, 0.1) is 0 Å². The van der Waals surface area contributed by atoms with Crippen LogP contribution in [0.25, 0.3) is 10.9 Å². The third-order valence-corrected chi connectivity index (χ3v) is 6.00. The fourth-order valence-electron chi connectivity index (χ4n) is 3.94. The average molecular weight is 438 g/mol. The highest BCUT2D eigenvalue weighted by Gasteiger charge is 2.36. The van der Waals surface area contributed by atoms with Gasteiger partial charge in [-0.25, -0.2) is 0 Å². The van der Waals surface area contributed by atoms with Crippen molar-refractivity contribution in [1.82, 2.24) is 14.8 Å². The van der Waals surface area contributed by atoms with E-state index in [9.17, 15) is 9.59 Å². The van der Waals surface area contributed by atoms with Gasteiger partial charge in [-0.15, -0.1) is 11.6 Å². The summed E-state index contributed by atoms with van der Waals surface area (Å²) in [7, 11) is 0. The van der Waals surface area contributed by atoms with Gasteiger partial charge in [0.15, 0.2) is 0 Å². The van der Waals surface area contributed by atoms with Gasteiger partial charge in [-0.3, -0.25) is 9.59 Å². The van der Waals surface area contributed by atoms with E-state index in [0.29, 0.717) is 13.1 Å². The quantitative estimate of drug-likeness (QED) is 0.506. The predicted octanol–water partition coefficient (Wildman–Crippen LogP) is 4.36. The number of hydrogen-bond donors (Lipinski definition) is 1. The molecule has 1 aliphatic carbocycles. The zero-order valence-electron chi connectivity index (χ0n) is 17.8. The Bertz CT molecular complexity index is 1040. The van der Waals surface area contributed by atoms with Crippen LogP contribution in [0.5, 0.6) is 0 Å². The van der Waals surface area contributed by atoms with Crippen LogP contribution in [0.2, 0.25) is 0 Å². The van der Waals surface area contributed by atoms with Crippen LogP contribution in [-0.2, 0) is 22.6 Å².